The molecule has 154 valence electrons. The van der Waals surface area contributed by atoms with Crippen molar-refractivity contribution in [3.05, 3.63) is 58.7 Å². The van der Waals surface area contributed by atoms with Gasteiger partial charge in [0.1, 0.15) is 28.0 Å². The lowest BCUT2D eigenvalue weighted by molar-refractivity contribution is 0.340. The smallest absolute Gasteiger partial charge is 0.143 e. The number of thiophene rings is 1. The van der Waals surface area contributed by atoms with Crippen LogP contribution in [0.15, 0.2) is 42.5 Å². The molecule has 0 atom stereocenters. The average molecular weight is 420 g/mol. The zero-order valence-corrected chi connectivity index (χ0v) is 18.7. The van der Waals surface area contributed by atoms with E-state index in [0.717, 1.165) is 55.7 Å². The van der Waals surface area contributed by atoms with E-state index in [1.54, 1.807) is 18.4 Å². The second-order valence-corrected chi connectivity index (χ2v) is 8.32. The van der Waals surface area contributed by atoms with Gasteiger partial charge in [-0.05, 0) is 63.1 Å². The molecule has 0 bridgehead atoms. The fraction of sp³-hybridized carbons (Fsp3) is 0.250. The van der Waals surface area contributed by atoms with Gasteiger partial charge in [0.2, 0.25) is 0 Å². The molecule has 4 aromatic rings. The Morgan fingerprint density at radius 1 is 1.00 bits per heavy atom. The van der Waals surface area contributed by atoms with Gasteiger partial charge in [-0.1, -0.05) is 18.2 Å². The number of nitrogens with zero attached hydrogens (tertiary/aromatic N) is 2. The molecule has 0 saturated carbocycles. The highest BCUT2D eigenvalue weighted by atomic mass is 32.1. The molecular weight excluding hydrogens is 394 g/mol. The minimum atomic E-state index is 0.652. The molecule has 1 N–H and O–H groups in total. The molecule has 0 aliphatic rings. The van der Waals surface area contributed by atoms with Gasteiger partial charge in [-0.3, -0.25) is 0 Å². The van der Waals surface area contributed by atoms with Crippen LogP contribution in [0.5, 0.6) is 11.5 Å². The van der Waals surface area contributed by atoms with Crippen LogP contribution < -0.4 is 14.8 Å². The molecule has 0 spiro atoms. The molecule has 0 aliphatic heterocycles. The lowest BCUT2D eigenvalue weighted by Crippen LogP contribution is -2.00. The summed E-state index contributed by atoms with van der Waals surface area (Å²) in [5.74, 6) is 3.17. The van der Waals surface area contributed by atoms with Crippen LogP contribution >= 0.6 is 11.3 Å². The summed E-state index contributed by atoms with van der Waals surface area (Å²) >= 11 is 1.69. The Kier molecular flexibility index (Phi) is 5.59. The minimum absolute atomic E-state index is 0.652. The van der Waals surface area contributed by atoms with Gasteiger partial charge in [-0.15, -0.1) is 11.3 Å². The van der Waals surface area contributed by atoms with E-state index >= 15 is 0 Å². The maximum absolute atomic E-state index is 5.60. The van der Waals surface area contributed by atoms with Crippen molar-refractivity contribution in [3.8, 4) is 22.6 Å². The number of fused-ring (bicyclic) bond motifs is 1. The van der Waals surface area contributed by atoms with Crippen LogP contribution in [-0.4, -0.2) is 23.7 Å². The number of anilines is 2. The number of benzene rings is 2. The molecule has 2 aromatic heterocycles. The molecule has 0 amide bonds. The molecular formula is C24H25N3O2S. The molecule has 0 aliphatic carbocycles. The van der Waals surface area contributed by atoms with Crippen molar-refractivity contribution in [2.45, 2.75) is 27.7 Å². The number of nitrogens with one attached hydrogen (secondary N) is 1. The summed E-state index contributed by atoms with van der Waals surface area (Å²) in [4.78, 5) is 11.6. The van der Waals surface area contributed by atoms with Crippen LogP contribution in [-0.2, 0) is 0 Å². The fourth-order valence-corrected chi connectivity index (χ4v) is 4.68. The maximum atomic E-state index is 5.60. The Bertz CT molecular complexity index is 1200. The van der Waals surface area contributed by atoms with Crippen molar-refractivity contribution in [2.24, 2.45) is 0 Å². The molecule has 0 saturated heterocycles. The van der Waals surface area contributed by atoms with E-state index in [1.165, 1.54) is 4.88 Å². The molecule has 6 heteroatoms. The quantitative estimate of drug-likeness (QED) is 0.390. The van der Waals surface area contributed by atoms with Gasteiger partial charge in [0.25, 0.3) is 0 Å². The normalized spacial score (nSPS) is 11.0. The second-order valence-electron chi connectivity index (χ2n) is 7.12. The van der Waals surface area contributed by atoms with E-state index in [9.17, 15) is 0 Å². The highest BCUT2D eigenvalue weighted by Gasteiger charge is 2.19. The summed E-state index contributed by atoms with van der Waals surface area (Å²) in [6.07, 6.45) is 0. The van der Waals surface area contributed by atoms with E-state index in [-0.39, 0.29) is 0 Å². The van der Waals surface area contributed by atoms with E-state index in [4.69, 9.17) is 19.4 Å². The monoisotopic (exact) mass is 419 g/mol. The van der Waals surface area contributed by atoms with Gasteiger partial charge in [-0.2, -0.15) is 0 Å². The first-order chi connectivity index (χ1) is 14.5. The lowest BCUT2D eigenvalue weighted by Gasteiger charge is -2.14. The standard InChI is InChI=1S/C24H25N3O2S/c1-6-29-18-10-8-17(9-11-18)21-15(3)30-24-22(21)23(25-16(4)26-24)27-19-13-14(2)7-12-20(19)28-5/h7-13H,6H2,1-5H3,(H,25,26,27). The Hall–Kier alpha value is -3.12. The van der Waals surface area contributed by atoms with Crippen LogP contribution in [0.25, 0.3) is 21.3 Å². The van der Waals surface area contributed by atoms with Crippen molar-refractivity contribution >= 4 is 33.1 Å². The highest BCUT2D eigenvalue weighted by molar-refractivity contribution is 7.19. The zero-order valence-electron chi connectivity index (χ0n) is 17.9. The SMILES string of the molecule is CCOc1ccc(-c2c(C)sc3nc(C)nc(Nc4cc(C)ccc4OC)c23)cc1. The summed E-state index contributed by atoms with van der Waals surface area (Å²) in [6.45, 7) is 8.75. The van der Waals surface area contributed by atoms with E-state index in [1.807, 2.05) is 38.1 Å². The van der Waals surface area contributed by atoms with Gasteiger partial charge < -0.3 is 14.8 Å². The number of methoxy groups -OCH3 is 1. The summed E-state index contributed by atoms with van der Waals surface area (Å²) in [5.41, 5.74) is 4.30. The second kappa shape index (κ2) is 8.32. The summed E-state index contributed by atoms with van der Waals surface area (Å²) in [5, 5.41) is 4.53. The predicted octanol–water partition coefficient (Wildman–Crippen LogP) is 6.43. The number of rotatable bonds is 6. The van der Waals surface area contributed by atoms with Crippen LogP contribution in [0.1, 0.15) is 23.2 Å². The van der Waals surface area contributed by atoms with Crippen LogP contribution in [0.2, 0.25) is 0 Å². The Morgan fingerprint density at radius 2 is 1.77 bits per heavy atom. The largest absolute Gasteiger partial charge is 0.495 e. The molecule has 0 fully saturated rings. The molecule has 2 aromatic carbocycles. The van der Waals surface area contributed by atoms with Gasteiger partial charge in [0.05, 0.1) is 24.8 Å². The highest BCUT2D eigenvalue weighted by Crippen LogP contribution is 2.42. The Morgan fingerprint density at radius 3 is 2.47 bits per heavy atom. The van der Waals surface area contributed by atoms with Crippen molar-refractivity contribution in [1.82, 2.24) is 9.97 Å². The number of hydrogen-bond acceptors (Lipinski definition) is 6. The Balaban J connectivity index is 1.87. The maximum Gasteiger partial charge on any atom is 0.143 e. The number of ether oxygens (including phenoxy) is 2. The first kappa shape index (κ1) is 20.2. The number of aromatic nitrogens is 2. The average Bonchev–Trinajstić information content (AvgIpc) is 3.05. The lowest BCUT2D eigenvalue weighted by atomic mass is 10.0. The third-order valence-corrected chi connectivity index (χ3v) is 5.90. The first-order valence-corrected chi connectivity index (χ1v) is 10.7. The fourth-order valence-electron chi connectivity index (χ4n) is 3.59. The number of aryl methyl sites for hydroxylation is 3. The molecule has 5 nitrogen and oxygen atoms in total. The van der Waals surface area contributed by atoms with Gasteiger partial charge in [0, 0.05) is 10.4 Å². The summed E-state index contributed by atoms with van der Waals surface area (Å²) in [6, 6.07) is 14.3. The topological polar surface area (TPSA) is 56.3 Å². The third-order valence-electron chi connectivity index (χ3n) is 4.90. The van der Waals surface area contributed by atoms with Crippen molar-refractivity contribution < 1.29 is 9.47 Å². The minimum Gasteiger partial charge on any atom is -0.495 e. The van der Waals surface area contributed by atoms with Crippen LogP contribution in [0.4, 0.5) is 11.5 Å². The van der Waals surface area contributed by atoms with Gasteiger partial charge in [-0.25, -0.2) is 9.97 Å². The van der Waals surface area contributed by atoms with Crippen molar-refractivity contribution in [2.75, 3.05) is 19.0 Å². The van der Waals surface area contributed by atoms with Gasteiger partial charge in [0.15, 0.2) is 0 Å². The van der Waals surface area contributed by atoms with Crippen LogP contribution in [0.3, 0.4) is 0 Å². The third kappa shape index (κ3) is 3.83. The van der Waals surface area contributed by atoms with Crippen molar-refractivity contribution in [1.29, 1.82) is 0 Å². The number of hydrogen-bond donors (Lipinski definition) is 1. The molecule has 2 heterocycles. The van der Waals surface area contributed by atoms with E-state index in [0.29, 0.717) is 6.61 Å². The summed E-state index contributed by atoms with van der Waals surface area (Å²) < 4.78 is 11.2. The molecule has 0 radical (unpaired) electrons. The zero-order chi connectivity index (χ0) is 21.3. The van der Waals surface area contributed by atoms with Gasteiger partial charge >= 0.3 is 0 Å². The first-order valence-electron chi connectivity index (χ1n) is 9.92. The Labute approximate surface area is 180 Å². The van der Waals surface area contributed by atoms with Crippen molar-refractivity contribution in [3.63, 3.8) is 0 Å². The van der Waals surface area contributed by atoms with E-state index < -0.39 is 0 Å². The summed E-state index contributed by atoms with van der Waals surface area (Å²) in [7, 11) is 1.68. The molecule has 30 heavy (non-hydrogen) atoms. The molecule has 4 rings (SSSR count). The molecule has 0 unspecified atom stereocenters. The van der Waals surface area contributed by atoms with Crippen LogP contribution in [0, 0.1) is 20.8 Å². The van der Waals surface area contributed by atoms with E-state index in [2.05, 4.69) is 37.4 Å². The predicted molar refractivity (Wildman–Crippen MR) is 125 cm³/mol.